The molecule has 3 rings (SSSR count). The summed E-state index contributed by atoms with van der Waals surface area (Å²) >= 11 is 0. The van der Waals surface area contributed by atoms with Crippen LogP contribution in [-0.4, -0.2) is 33.0 Å². The first kappa shape index (κ1) is 24.1. The van der Waals surface area contributed by atoms with Gasteiger partial charge in [-0.25, -0.2) is 4.39 Å². The van der Waals surface area contributed by atoms with Crippen molar-refractivity contribution in [1.29, 1.82) is 0 Å². The molecule has 6 nitrogen and oxygen atoms in total. The number of carbonyl (C=O) groups is 1. The maximum atomic E-state index is 13.4. The average molecular weight is 475 g/mol. The zero-order valence-electron chi connectivity index (χ0n) is 16.9. The van der Waals surface area contributed by atoms with E-state index in [2.05, 4.69) is 5.32 Å². The van der Waals surface area contributed by atoms with Gasteiger partial charge in [0.05, 0.1) is 0 Å². The molecular formula is C21H21F4NO5S. The molecule has 1 fully saturated rings. The third-order valence-corrected chi connectivity index (χ3v) is 6.37. The molecule has 0 spiro atoms. The van der Waals surface area contributed by atoms with Gasteiger partial charge in [-0.15, -0.1) is 0 Å². The van der Waals surface area contributed by atoms with Crippen LogP contribution >= 0.6 is 0 Å². The third-order valence-electron chi connectivity index (χ3n) is 5.28. The minimum absolute atomic E-state index is 0.179. The smallest absolute Gasteiger partial charge is 0.458 e. The summed E-state index contributed by atoms with van der Waals surface area (Å²) in [6.45, 7) is 1.47. The molecule has 1 aliphatic rings. The minimum Gasteiger partial charge on any atom is -0.458 e. The molecule has 0 aliphatic carbocycles. The summed E-state index contributed by atoms with van der Waals surface area (Å²) < 4.78 is 88.0. The molecule has 2 aromatic rings. The van der Waals surface area contributed by atoms with Crippen LogP contribution in [-0.2, 0) is 29.4 Å². The number of nitrogens with one attached hydrogen (secondary N) is 1. The van der Waals surface area contributed by atoms with Crippen molar-refractivity contribution in [2.75, 3.05) is 13.1 Å². The number of halogens is 4. The second-order valence-corrected chi connectivity index (χ2v) is 8.99. The molecule has 0 radical (unpaired) electrons. The van der Waals surface area contributed by atoms with Crippen molar-refractivity contribution in [2.45, 2.75) is 30.6 Å². The highest BCUT2D eigenvalue weighted by atomic mass is 32.2. The molecule has 0 aromatic heterocycles. The normalized spacial score (nSPS) is 17.8. The highest BCUT2D eigenvalue weighted by molar-refractivity contribution is 7.87. The van der Waals surface area contributed by atoms with E-state index in [0.717, 1.165) is 19.1 Å². The predicted octanol–water partition coefficient (Wildman–Crippen LogP) is 3.80. The molecule has 1 N–H and O–H groups in total. The van der Waals surface area contributed by atoms with Gasteiger partial charge < -0.3 is 10.1 Å². The Balaban J connectivity index is 2.15. The van der Waals surface area contributed by atoms with E-state index in [1.54, 1.807) is 18.2 Å². The molecule has 0 amide bonds. The van der Waals surface area contributed by atoms with Gasteiger partial charge in [0.1, 0.15) is 17.5 Å². The van der Waals surface area contributed by atoms with Crippen molar-refractivity contribution in [3.05, 3.63) is 71.5 Å². The van der Waals surface area contributed by atoms with E-state index in [0.29, 0.717) is 0 Å². The Morgan fingerprint density at radius 3 is 2.16 bits per heavy atom. The largest absolute Gasteiger partial charge is 0.523 e. The summed E-state index contributed by atoms with van der Waals surface area (Å²) in [7, 11) is -6.02. The van der Waals surface area contributed by atoms with Crippen LogP contribution in [0.15, 0.2) is 54.6 Å². The lowest BCUT2D eigenvalue weighted by molar-refractivity contribution is -0.152. The van der Waals surface area contributed by atoms with Gasteiger partial charge in [0.15, 0.2) is 0 Å². The van der Waals surface area contributed by atoms with Crippen molar-refractivity contribution in [3.63, 3.8) is 0 Å². The highest BCUT2D eigenvalue weighted by Gasteiger charge is 2.56. The summed E-state index contributed by atoms with van der Waals surface area (Å²) in [4.78, 5) is 11.8. The molecule has 2 aromatic carbocycles. The molecule has 32 heavy (non-hydrogen) atoms. The van der Waals surface area contributed by atoms with E-state index in [1.165, 1.54) is 24.3 Å². The Morgan fingerprint density at radius 2 is 1.69 bits per heavy atom. The standard InChI is InChI=1S/C21H21F4NO5S/c1-14(27)30-19(15-7-9-18(22)10-8-15)11-20(17-12-26-13-17,16-5-3-2-4-6-16)31-32(28,29)21(23,24)25/h2-10,17,19,26H,11-13H2,1H3. The number of hydrogen-bond acceptors (Lipinski definition) is 6. The van der Waals surface area contributed by atoms with Gasteiger partial charge in [-0.1, -0.05) is 42.5 Å². The molecule has 1 heterocycles. The fourth-order valence-corrected chi connectivity index (χ4v) is 4.42. The topological polar surface area (TPSA) is 81.7 Å². The van der Waals surface area contributed by atoms with Crippen molar-refractivity contribution in [2.24, 2.45) is 5.92 Å². The van der Waals surface area contributed by atoms with E-state index in [4.69, 9.17) is 8.92 Å². The lowest BCUT2D eigenvalue weighted by atomic mass is 9.73. The van der Waals surface area contributed by atoms with Crippen molar-refractivity contribution in [3.8, 4) is 0 Å². The van der Waals surface area contributed by atoms with Crippen LogP contribution in [0.25, 0.3) is 0 Å². The van der Waals surface area contributed by atoms with E-state index >= 15 is 0 Å². The molecule has 1 saturated heterocycles. The van der Waals surface area contributed by atoms with E-state index in [1.807, 2.05) is 0 Å². The predicted molar refractivity (Wildman–Crippen MR) is 106 cm³/mol. The van der Waals surface area contributed by atoms with Crippen LogP contribution in [0.2, 0.25) is 0 Å². The number of alkyl halides is 3. The minimum atomic E-state index is -6.02. The second kappa shape index (κ2) is 9.16. The fraction of sp³-hybridized carbons (Fsp3) is 0.381. The quantitative estimate of drug-likeness (QED) is 0.271. The number of benzene rings is 2. The molecule has 174 valence electrons. The van der Waals surface area contributed by atoms with Gasteiger partial charge >= 0.3 is 21.6 Å². The van der Waals surface area contributed by atoms with E-state index in [9.17, 15) is 30.8 Å². The Morgan fingerprint density at radius 1 is 1.09 bits per heavy atom. The first-order valence-corrected chi connectivity index (χ1v) is 11.1. The van der Waals surface area contributed by atoms with Gasteiger partial charge in [0, 0.05) is 32.4 Å². The number of carbonyl (C=O) groups excluding carboxylic acids is 1. The Kier molecular flexibility index (Phi) is 6.91. The van der Waals surface area contributed by atoms with Crippen LogP contribution < -0.4 is 5.32 Å². The molecule has 2 atom stereocenters. The summed E-state index contributed by atoms with van der Waals surface area (Å²) in [6.07, 6.45) is -1.64. The zero-order chi connectivity index (χ0) is 23.6. The number of rotatable bonds is 8. The lowest BCUT2D eigenvalue weighted by Crippen LogP contribution is -2.57. The zero-order valence-corrected chi connectivity index (χ0v) is 17.8. The molecule has 0 bridgehead atoms. The van der Waals surface area contributed by atoms with Crippen LogP contribution in [0.5, 0.6) is 0 Å². The molecule has 11 heteroatoms. The first-order chi connectivity index (χ1) is 14.9. The maximum absolute atomic E-state index is 13.4. The lowest BCUT2D eigenvalue weighted by Gasteiger charge is -2.46. The van der Waals surface area contributed by atoms with Crippen molar-refractivity contribution >= 4 is 16.1 Å². The van der Waals surface area contributed by atoms with Crippen LogP contribution in [0, 0.1) is 11.7 Å². The van der Waals surface area contributed by atoms with Gasteiger partial charge in [0.2, 0.25) is 0 Å². The highest BCUT2D eigenvalue weighted by Crippen LogP contribution is 2.47. The molecule has 1 aliphatic heterocycles. The summed E-state index contributed by atoms with van der Waals surface area (Å²) in [5.41, 5.74) is -7.20. The molecule has 2 unspecified atom stereocenters. The SMILES string of the molecule is CC(=O)OC(CC(OS(=O)(=O)C(F)(F)F)(c1ccccc1)C1CNC1)c1ccc(F)cc1. The molecule has 0 saturated carbocycles. The Hall–Kier alpha value is -2.50. The van der Waals surface area contributed by atoms with Gasteiger partial charge in [-0.3, -0.25) is 8.98 Å². The summed E-state index contributed by atoms with van der Waals surface area (Å²) in [5.74, 6) is -1.99. The fourth-order valence-electron chi connectivity index (χ4n) is 3.63. The van der Waals surface area contributed by atoms with Crippen LogP contribution in [0.4, 0.5) is 17.6 Å². The third kappa shape index (κ3) is 5.11. The van der Waals surface area contributed by atoms with Crippen molar-refractivity contribution < 1.29 is 39.7 Å². The number of hydrogen-bond donors (Lipinski definition) is 1. The first-order valence-electron chi connectivity index (χ1n) is 9.65. The number of ether oxygens (including phenoxy) is 1. The van der Waals surface area contributed by atoms with Gasteiger partial charge in [-0.05, 0) is 23.3 Å². The Bertz CT molecular complexity index is 1040. The summed E-state index contributed by atoms with van der Waals surface area (Å²) in [6, 6.07) is 12.5. The average Bonchev–Trinajstić information content (AvgIpc) is 2.65. The van der Waals surface area contributed by atoms with Crippen LogP contribution in [0.1, 0.15) is 30.6 Å². The maximum Gasteiger partial charge on any atom is 0.523 e. The van der Waals surface area contributed by atoms with Gasteiger partial charge in [-0.2, -0.15) is 21.6 Å². The van der Waals surface area contributed by atoms with E-state index < -0.39 is 51.5 Å². The van der Waals surface area contributed by atoms with Gasteiger partial charge in [0.25, 0.3) is 0 Å². The van der Waals surface area contributed by atoms with Crippen LogP contribution in [0.3, 0.4) is 0 Å². The summed E-state index contributed by atoms with van der Waals surface area (Å²) in [5, 5.41) is 2.91. The second-order valence-electron chi connectivity index (χ2n) is 7.45. The van der Waals surface area contributed by atoms with E-state index in [-0.39, 0.29) is 24.2 Å². The monoisotopic (exact) mass is 475 g/mol. The van der Waals surface area contributed by atoms with Crippen molar-refractivity contribution in [1.82, 2.24) is 5.32 Å². The number of esters is 1. The molecular weight excluding hydrogens is 454 g/mol. The Labute approximate surface area is 182 Å².